The number of nitrogen functional groups attached to an aromatic ring is 1. The zero-order chi connectivity index (χ0) is 19.2. The third kappa shape index (κ3) is 4.72. The third-order valence-electron chi connectivity index (χ3n) is 3.78. The number of nitrogens with one attached hydrogen (secondary N) is 1. The number of carbonyl (C=O) groups is 1. The molecule has 0 aliphatic rings. The van der Waals surface area contributed by atoms with E-state index in [1.54, 1.807) is 31.4 Å². The van der Waals surface area contributed by atoms with Gasteiger partial charge in [0.1, 0.15) is 23.1 Å². The number of nitrogens with two attached hydrogens (primary N) is 1. The van der Waals surface area contributed by atoms with Crippen LogP contribution in [0.3, 0.4) is 0 Å². The molecule has 1 heterocycles. The van der Waals surface area contributed by atoms with Gasteiger partial charge in [-0.2, -0.15) is 4.39 Å². The first-order chi connectivity index (χ1) is 13.0. The molecular weight excluding hydrogens is 349 g/mol. The van der Waals surface area contributed by atoms with Crippen LogP contribution < -0.4 is 20.5 Å². The second kappa shape index (κ2) is 8.18. The Morgan fingerprint density at radius 3 is 2.52 bits per heavy atom. The van der Waals surface area contributed by atoms with E-state index < -0.39 is 11.9 Å². The Balaban J connectivity index is 1.64. The molecule has 0 bridgehead atoms. The van der Waals surface area contributed by atoms with Crippen LogP contribution in [-0.4, -0.2) is 18.0 Å². The summed E-state index contributed by atoms with van der Waals surface area (Å²) in [4.78, 5) is 15.6. The highest BCUT2D eigenvalue weighted by molar-refractivity contribution is 5.98. The second-order valence-corrected chi connectivity index (χ2v) is 5.67. The van der Waals surface area contributed by atoms with Crippen LogP contribution in [0.25, 0.3) is 0 Å². The van der Waals surface area contributed by atoms with E-state index in [1.807, 2.05) is 24.3 Å². The van der Waals surface area contributed by atoms with E-state index in [1.165, 1.54) is 6.07 Å². The van der Waals surface area contributed by atoms with Gasteiger partial charge in [0.2, 0.25) is 5.95 Å². The summed E-state index contributed by atoms with van der Waals surface area (Å²) in [5.74, 6) is 0.739. The summed E-state index contributed by atoms with van der Waals surface area (Å²) in [6, 6.07) is 16.9. The Morgan fingerprint density at radius 1 is 1.07 bits per heavy atom. The lowest BCUT2D eigenvalue weighted by Gasteiger charge is -2.10. The molecule has 2 aromatic carbocycles. The molecule has 0 atom stereocenters. The highest BCUT2D eigenvalue weighted by atomic mass is 19.1. The van der Waals surface area contributed by atoms with Crippen molar-refractivity contribution in [2.24, 2.45) is 0 Å². The van der Waals surface area contributed by atoms with E-state index in [9.17, 15) is 9.18 Å². The standard InChI is InChI=1S/C20H18FN3O3/c1-26-14-5-7-15(8-6-14)27-16-4-2-3-13(11-16)12-23-20(25)17-9-10-18(21)24-19(17)22/h2-11H,12H2,1H3,(H2,22,24)(H,23,25). The molecule has 0 spiro atoms. The van der Waals surface area contributed by atoms with Crippen LogP contribution in [0.2, 0.25) is 0 Å². The number of nitrogens with zero attached hydrogens (tertiary/aromatic N) is 1. The fourth-order valence-electron chi connectivity index (χ4n) is 2.42. The van der Waals surface area contributed by atoms with Crippen LogP contribution in [0.15, 0.2) is 60.7 Å². The zero-order valence-electron chi connectivity index (χ0n) is 14.6. The van der Waals surface area contributed by atoms with Gasteiger partial charge in [-0.1, -0.05) is 12.1 Å². The summed E-state index contributed by atoms with van der Waals surface area (Å²) in [5, 5.41) is 2.73. The number of hydrogen-bond acceptors (Lipinski definition) is 5. The van der Waals surface area contributed by atoms with Gasteiger partial charge in [0.25, 0.3) is 5.91 Å². The molecule has 0 aliphatic carbocycles. The first-order valence-corrected chi connectivity index (χ1v) is 8.16. The number of carbonyl (C=O) groups excluding carboxylic acids is 1. The molecule has 3 rings (SSSR count). The Labute approximate surface area is 155 Å². The van der Waals surface area contributed by atoms with Crippen LogP contribution in [-0.2, 0) is 6.54 Å². The highest BCUT2D eigenvalue weighted by Crippen LogP contribution is 2.24. The molecule has 0 saturated heterocycles. The molecule has 6 nitrogen and oxygen atoms in total. The van der Waals surface area contributed by atoms with Crippen molar-refractivity contribution in [3.05, 3.63) is 77.7 Å². The van der Waals surface area contributed by atoms with Gasteiger partial charge in [-0.3, -0.25) is 4.79 Å². The SMILES string of the molecule is COc1ccc(Oc2cccc(CNC(=O)c3ccc(F)nc3N)c2)cc1. The molecule has 0 aliphatic heterocycles. The quantitative estimate of drug-likeness (QED) is 0.651. The molecule has 0 saturated carbocycles. The number of pyridine rings is 1. The minimum atomic E-state index is -0.729. The largest absolute Gasteiger partial charge is 0.497 e. The van der Waals surface area contributed by atoms with Crippen LogP contribution in [0.4, 0.5) is 10.2 Å². The number of anilines is 1. The van der Waals surface area contributed by atoms with Gasteiger partial charge < -0.3 is 20.5 Å². The number of aromatic nitrogens is 1. The first kappa shape index (κ1) is 18.2. The second-order valence-electron chi connectivity index (χ2n) is 5.67. The van der Waals surface area contributed by atoms with Crippen LogP contribution >= 0.6 is 0 Å². The summed E-state index contributed by atoms with van der Waals surface area (Å²) in [6.45, 7) is 0.259. The smallest absolute Gasteiger partial charge is 0.255 e. The maximum absolute atomic E-state index is 13.0. The number of halogens is 1. The molecule has 138 valence electrons. The Morgan fingerprint density at radius 2 is 1.81 bits per heavy atom. The van der Waals surface area contributed by atoms with Crippen molar-refractivity contribution in [2.45, 2.75) is 6.54 Å². The first-order valence-electron chi connectivity index (χ1n) is 8.16. The number of methoxy groups -OCH3 is 1. The van der Waals surface area contributed by atoms with Crippen molar-refractivity contribution in [1.29, 1.82) is 0 Å². The van der Waals surface area contributed by atoms with Gasteiger partial charge >= 0.3 is 0 Å². The van der Waals surface area contributed by atoms with Crippen molar-refractivity contribution >= 4 is 11.7 Å². The van der Waals surface area contributed by atoms with Gasteiger partial charge in [-0.05, 0) is 54.1 Å². The van der Waals surface area contributed by atoms with Gasteiger partial charge in [0.15, 0.2) is 0 Å². The molecule has 0 fully saturated rings. The van der Waals surface area contributed by atoms with Crippen molar-refractivity contribution in [1.82, 2.24) is 10.3 Å². The van der Waals surface area contributed by atoms with Crippen LogP contribution in [0.5, 0.6) is 17.2 Å². The summed E-state index contributed by atoms with van der Waals surface area (Å²) in [5.41, 5.74) is 6.54. The Hall–Kier alpha value is -3.61. The maximum Gasteiger partial charge on any atom is 0.255 e. The molecule has 0 unspecified atom stereocenters. The summed E-state index contributed by atoms with van der Waals surface area (Å²) in [6.07, 6.45) is 0. The third-order valence-corrected chi connectivity index (χ3v) is 3.78. The summed E-state index contributed by atoms with van der Waals surface area (Å²) < 4.78 is 23.9. The molecule has 3 N–H and O–H groups in total. The summed E-state index contributed by atoms with van der Waals surface area (Å²) in [7, 11) is 1.60. The minimum absolute atomic E-state index is 0.127. The molecule has 1 aromatic heterocycles. The molecule has 3 aromatic rings. The minimum Gasteiger partial charge on any atom is -0.497 e. The number of hydrogen-bond donors (Lipinski definition) is 2. The predicted octanol–water partition coefficient (Wildman–Crippen LogP) is 3.53. The average molecular weight is 367 g/mol. The molecule has 1 amide bonds. The summed E-state index contributed by atoms with van der Waals surface area (Å²) >= 11 is 0. The van der Waals surface area contributed by atoms with Crippen molar-refractivity contribution in [3.8, 4) is 17.2 Å². The van der Waals surface area contributed by atoms with E-state index in [-0.39, 0.29) is 17.9 Å². The van der Waals surface area contributed by atoms with Gasteiger partial charge in [0, 0.05) is 6.54 Å². The van der Waals surface area contributed by atoms with Gasteiger partial charge in [-0.15, -0.1) is 0 Å². The van der Waals surface area contributed by atoms with E-state index in [2.05, 4.69) is 10.3 Å². The number of benzene rings is 2. The fraction of sp³-hybridized carbons (Fsp3) is 0.100. The Bertz CT molecular complexity index is 945. The lowest BCUT2D eigenvalue weighted by Crippen LogP contribution is -2.24. The highest BCUT2D eigenvalue weighted by Gasteiger charge is 2.11. The van der Waals surface area contributed by atoms with Crippen molar-refractivity contribution in [2.75, 3.05) is 12.8 Å². The van der Waals surface area contributed by atoms with Crippen molar-refractivity contribution in [3.63, 3.8) is 0 Å². The van der Waals surface area contributed by atoms with Crippen LogP contribution in [0.1, 0.15) is 15.9 Å². The topological polar surface area (TPSA) is 86.5 Å². The fourth-order valence-corrected chi connectivity index (χ4v) is 2.42. The van der Waals surface area contributed by atoms with Gasteiger partial charge in [0.05, 0.1) is 12.7 Å². The molecule has 7 heteroatoms. The van der Waals surface area contributed by atoms with E-state index >= 15 is 0 Å². The van der Waals surface area contributed by atoms with Crippen molar-refractivity contribution < 1.29 is 18.7 Å². The normalized spacial score (nSPS) is 10.3. The average Bonchev–Trinajstić information content (AvgIpc) is 2.67. The predicted molar refractivity (Wildman–Crippen MR) is 99.3 cm³/mol. The lowest BCUT2D eigenvalue weighted by atomic mass is 10.2. The monoisotopic (exact) mass is 367 g/mol. The van der Waals surface area contributed by atoms with Gasteiger partial charge in [-0.25, -0.2) is 4.98 Å². The van der Waals surface area contributed by atoms with E-state index in [4.69, 9.17) is 15.2 Å². The van der Waals surface area contributed by atoms with Crippen LogP contribution in [0, 0.1) is 5.95 Å². The molecule has 27 heavy (non-hydrogen) atoms. The number of ether oxygens (including phenoxy) is 2. The number of rotatable bonds is 6. The van der Waals surface area contributed by atoms with E-state index in [0.29, 0.717) is 11.5 Å². The molecule has 0 radical (unpaired) electrons. The lowest BCUT2D eigenvalue weighted by molar-refractivity contribution is 0.0951. The maximum atomic E-state index is 13.0. The van der Waals surface area contributed by atoms with E-state index in [0.717, 1.165) is 17.4 Å². The Kier molecular flexibility index (Phi) is 5.51. The zero-order valence-corrected chi connectivity index (χ0v) is 14.6. The number of amides is 1. The molecular formula is C20H18FN3O3.